The van der Waals surface area contributed by atoms with Crippen LogP contribution in [-0.2, 0) is 16.0 Å². The van der Waals surface area contributed by atoms with Crippen molar-refractivity contribution in [1.82, 2.24) is 9.88 Å². The van der Waals surface area contributed by atoms with Crippen molar-refractivity contribution in [2.45, 2.75) is 59.8 Å². The van der Waals surface area contributed by atoms with E-state index < -0.39 is 0 Å². The summed E-state index contributed by atoms with van der Waals surface area (Å²) in [6.45, 7) is 10.9. The van der Waals surface area contributed by atoms with Crippen molar-refractivity contribution in [3.8, 4) is 0 Å². The molecule has 1 aliphatic carbocycles. The number of carbonyl (C=O) groups is 3. The lowest BCUT2D eigenvalue weighted by atomic mass is 9.86. The molecule has 2 aliphatic rings. The van der Waals surface area contributed by atoms with E-state index >= 15 is 0 Å². The summed E-state index contributed by atoms with van der Waals surface area (Å²) < 4.78 is 0. The molecule has 1 atom stereocenters. The third-order valence-electron chi connectivity index (χ3n) is 7.32. The third kappa shape index (κ3) is 5.40. The van der Waals surface area contributed by atoms with Crippen molar-refractivity contribution in [3.63, 3.8) is 0 Å². The normalized spacial score (nSPS) is 18.8. The van der Waals surface area contributed by atoms with Gasteiger partial charge in [0.25, 0.3) is 5.91 Å². The van der Waals surface area contributed by atoms with Crippen molar-refractivity contribution in [2.24, 2.45) is 5.92 Å². The van der Waals surface area contributed by atoms with Crippen LogP contribution < -0.4 is 10.6 Å². The van der Waals surface area contributed by atoms with E-state index in [4.69, 9.17) is 0 Å². The van der Waals surface area contributed by atoms with Gasteiger partial charge < -0.3 is 20.5 Å². The van der Waals surface area contributed by atoms with E-state index in [9.17, 15) is 14.4 Å². The second kappa shape index (κ2) is 10.6. The summed E-state index contributed by atoms with van der Waals surface area (Å²) >= 11 is 0. The maximum atomic E-state index is 13.4. The smallest absolute Gasteiger partial charge is 0.256 e. The Morgan fingerprint density at radius 2 is 2.00 bits per heavy atom. The molecular formula is C28H36N4O3. The minimum absolute atomic E-state index is 0.165. The molecule has 7 nitrogen and oxygen atoms in total. The zero-order valence-electron chi connectivity index (χ0n) is 21.2. The van der Waals surface area contributed by atoms with E-state index in [1.165, 1.54) is 6.92 Å². The first-order chi connectivity index (χ1) is 16.8. The summed E-state index contributed by atoms with van der Waals surface area (Å²) in [5.41, 5.74) is 6.10. The highest BCUT2D eigenvalue weighted by molar-refractivity contribution is 6.35. The number of benzene rings is 1. The Labute approximate surface area is 207 Å². The lowest BCUT2D eigenvalue weighted by molar-refractivity contribution is -0.114. The summed E-state index contributed by atoms with van der Waals surface area (Å²) in [5, 5.41) is 5.66. The number of nitrogens with one attached hydrogen (secondary N) is 3. The Kier molecular flexibility index (Phi) is 7.55. The molecule has 1 unspecified atom stereocenters. The monoisotopic (exact) mass is 476 g/mol. The standard InChI is InChI=1S/C28H36N4O3/c1-5-32(6-2)13-12-19-8-7-9-24-27(26(34)14-19)17(3)25(30-24)16-22-21-15-20(29-18(4)33)10-11-23(21)31-28(22)35/h10-11,15-16,19,30H,5-9,12-14H2,1-4H3,(H,29,33)(H,31,35)/b22-16-. The maximum absolute atomic E-state index is 13.4. The van der Waals surface area contributed by atoms with Gasteiger partial charge in [0.05, 0.1) is 5.57 Å². The van der Waals surface area contributed by atoms with E-state index in [1.807, 2.05) is 13.0 Å². The number of amides is 2. The topological polar surface area (TPSA) is 94.3 Å². The first-order valence-electron chi connectivity index (χ1n) is 12.7. The fourth-order valence-electron chi connectivity index (χ4n) is 5.33. The Morgan fingerprint density at radius 1 is 1.23 bits per heavy atom. The van der Waals surface area contributed by atoms with Gasteiger partial charge >= 0.3 is 0 Å². The highest BCUT2D eigenvalue weighted by Gasteiger charge is 2.28. The molecule has 0 fully saturated rings. The quantitative estimate of drug-likeness (QED) is 0.489. The van der Waals surface area contributed by atoms with Gasteiger partial charge in [-0.25, -0.2) is 0 Å². The average molecular weight is 477 g/mol. The molecule has 0 saturated carbocycles. The fourth-order valence-corrected chi connectivity index (χ4v) is 5.33. The number of Topliss-reactive ketones (excluding diaryl/α,β-unsaturated/α-hetero) is 1. The van der Waals surface area contributed by atoms with Crippen LogP contribution in [0.5, 0.6) is 0 Å². The molecule has 4 rings (SSSR count). The van der Waals surface area contributed by atoms with E-state index in [-0.39, 0.29) is 17.6 Å². The second-order valence-electron chi connectivity index (χ2n) is 9.67. The molecule has 0 saturated heterocycles. The van der Waals surface area contributed by atoms with E-state index in [1.54, 1.807) is 18.2 Å². The maximum Gasteiger partial charge on any atom is 0.256 e. The van der Waals surface area contributed by atoms with Gasteiger partial charge in [-0.2, -0.15) is 0 Å². The van der Waals surface area contributed by atoms with E-state index in [0.29, 0.717) is 29.3 Å². The summed E-state index contributed by atoms with van der Waals surface area (Å²) in [7, 11) is 0. The highest BCUT2D eigenvalue weighted by Crippen LogP contribution is 2.37. The summed E-state index contributed by atoms with van der Waals surface area (Å²) in [5.74, 6) is 0.254. The number of aromatic nitrogens is 1. The average Bonchev–Trinajstić information content (AvgIpc) is 3.28. The van der Waals surface area contributed by atoms with E-state index in [2.05, 4.69) is 34.4 Å². The molecular weight excluding hydrogens is 440 g/mol. The molecule has 35 heavy (non-hydrogen) atoms. The van der Waals surface area contributed by atoms with Gasteiger partial charge in [0.2, 0.25) is 5.91 Å². The number of fused-ring (bicyclic) bond motifs is 2. The van der Waals surface area contributed by atoms with Crippen LogP contribution in [0.4, 0.5) is 11.4 Å². The van der Waals surface area contributed by atoms with Crippen LogP contribution in [0.3, 0.4) is 0 Å². The van der Waals surface area contributed by atoms with Crippen LogP contribution in [-0.4, -0.2) is 47.1 Å². The zero-order chi connectivity index (χ0) is 25.1. The Balaban J connectivity index is 1.60. The molecule has 7 heteroatoms. The molecule has 2 heterocycles. The molecule has 2 amide bonds. The van der Waals surface area contributed by atoms with Crippen LogP contribution in [0, 0.1) is 12.8 Å². The Bertz CT molecular complexity index is 1170. The molecule has 1 aromatic carbocycles. The van der Waals surface area contributed by atoms with Crippen LogP contribution in [0.15, 0.2) is 18.2 Å². The molecule has 3 N–H and O–H groups in total. The van der Waals surface area contributed by atoms with Gasteiger partial charge in [-0.1, -0.05) is 13.8 Å². The van der Waals surface area contributed by atoms with Crippen molar-refractivity contribution in [3.05, 3.63) is 46.3 Å². The summed E-state index contributed by atoms with van der Waals surface area (Å²) in [6, 6.07) is 5.37. The lowest BCUT2D eigenvalue weighted by Gasteiger charge is -2.24. The van der Waals surface area contributed by atoms with Crippen LogP contribution in [0.1, 0.15) is 79.3 Å². The summed E-state index contributed by atoms with van der Waals surface area (Å²) in [4.78, 5) is 43.5. The van der Waals surface area contributed by atoms with Gasteiger partial charge in [-0.05, 0) is 88.0 Å². The third-order valence-corrected chi connectivity index (χ3v) is 7.32. The molecule has 186 valence electrons. The first kappa shape index (κ1) is 24.9. The largest absolute Gasteiger partial charge is 0.358 e. The number of rotatable bonds is 7. The fraction of sp³-hybridized carbons (Fsp3) is 0.464. The number of H-pyrrole nitrogens is 1. The van der Waals surface area contributed by atoms with Gasteiger partial charge in [-0.3, -0.25) is 14.4 Å². The SMILES string of the molecule is CCN(CC)CCC1CCCc2[nH]c(/C=C3\C(=O)Nc4ccc(NC(C)=O)cc43)c(C)c2C(=O)C1. The number of hydrogen-bond acceptors (Lipinski definition) is 4. The van der Waals surface area contributed by atoms with E-state index in [0.717, 1.165) is 73.4 Å². The molecule has 1 aromatic heterocycles. The second-order valence-corrected chi connectivity index (χ2v) is 9.67. The predicted octanol–water partition coefficient (Wildman–Crippen LogP) is 5.03. The number of ketones is 1. The van der Waals surface area contributed by atoms with Crippen LogP contribution in [0.2, 0.25) is 0 Å². The lowest BCUT2D eigenvalue weighted by Crippen LogP contribution is -2.26. The van der Waals surface area contributed by atoms with Crippen molar-refractivity contribution in [1.29, 1.82) is 0 Å². The Morgan fingerprint density at radius 3 is 2.71 bits per heavy atom. The molecule has 2 aromatic rings. The Hall–Kier alpha value is -3.19. The predicted molar refractivity (Wildman–Crippen MR) is 141 cm³/mol. The first-order valence-corrected chi connectivity index (χ1v) is 12.7. The van der Waals surface area contributed by atoms with Crippen LogP contribution in [0.25, 0.3) is 11.6 Å². The number of carbonyl (C=O) groups excluding carboxylic acids is 3. The number of aromatic amines is 1. The molecule has 1 aliphatic heterocycles. The number of nitrogens with zero attached hydrogens (tertiary/aromatic N) is 1. The molecule has 0 spiro atoms. The highest BCUT2D eigenvalue weighted by atomic mass is 16.2. The van der Waals surface area contributed by atoms with Gasteiger partial charge in [-0.15, -0.1) is 0 Å². The van der Waals surface area contributed by atoms with Gasteiger partial charge in [0.15, 0.2) is 5.78 Å². The van der Waals surface area contributed by atoms with Crippen molar-refractivity contribution >= 4 is 40.6 Å². The van der Waals surface area contributed by atoms with Gasteiger partial charge in [0, 0.05) is 47.2 Å². The van der Waals surface area contributed by atoms with Gasteiger partial charge in [0.1, 0.15) is 0 Å². The van der Waals surface area contributed by atoms with Crippen molar-refractivity contribution in [2.75, 3.05) is 30.3 Å². The van der Waals surface area contributed by atoms with Crippen LogP contribution >= 0.6 is 0 Å². The zero-order valence-corrected chi connectivity index (χ0v) is 21.2. The minimum Gasteiger partial charge on any atom is -0.358 e. The summed E-state index contributed by atoms with van der Waals surface area (Å²) in [6.07, 6.45) is 6.40. The molecule has 0 radical (unpaired) electrons. The minimum atomic E-state index is -0.191. The number of aryl methyl sites for hydroxylation is 1. The van der Waals surface area contributed by atoms with Crippen molar-refractivity contribution < 1.29 is 14.4 Å². The molecule has 0 bridgehead atoms. The number of anilines is 2. The number of hydrogen-bond donors (Lipinski definition) is 3.